The Labute approximate surface area is 107 Å². The van der Waals surface area contributed by atoms with Crippen molar-refractivity contribution in [2.45, 2.75) is 32.7 Å². The lowest BCUT2D eigenvalue weighted by atomic mass is 10.1. The molecule has 0 bridgehead atoms. The molecule has 0 aromatic carbocycles. The summed E-state index contributed by atoms with van der Waals surface area (Å²) in [4.78, 5) is 8.64. The van der Waals surface area contributed by atoms with Crippen LogP contribution < -0.4 is 5.32 Å². The first-order chi connectivity index (χ1) is 8.79. The Bertz CT molecular complexity index is 468. The molecule has 2 heterocycles. The molecule has 0 radical (unpaired) electrons. The lowest BCUT2D eigenvalue weighted by Crippen LogP contribution is -2.25. The molecule has 0 aliphatic carbocycles. The zero-order chi connectivity index (χ0) is 12.8. The minimum Gasteiger partial charge on any atom is -0.472 e. The molecule has 4 nitrogen and oxygen atoms in total. The van der Waals surface area contributed by atoms with E-state index < -0.39 is 0 Å². The highest BCUT2D eigenvalue weighted by Gasteiger charge is 2.13. The monoisotopic (exact) mass is 245 g/mol. The minimum atomic E-state index is 0.212. The van der Waals surface area contributed by atoms with Gasteiger partial charge in [0.2, 0.25) is 0 Å². The molecule has 0 spiro atoms. The van der Waals surface area contributed by atoms with Crippen molar-refractivity contribution < 1.29 is 4.42 Å². The summed E-state index contributed by atoms with van der Waals surface area (Å²) in [6.07, 6.45) is 7.29. The molecule has 0 aliphatic rings. The van der Waals surface area contributed by atoms with Gasteiger partial charge in [-0.25, -0.2) is 9.97 Å². The third-order valence-electron chi connectivity index (χ3n) is 2.82. The molecule has 2 aromatic heterocycles. The van der Waals surface area contributed by atoms with Gasteiger partial charge in [0.15, 0.2) is 0 Å². The van der Waals surface area contributed by atoms with E-state index in [0.717, 1.165) is 30.9 Å². The van der Waals surface area contributed by atoms with Crippen LogP contribution in [-0.2, 0) is 6.42 Å². The molecule has 2 aromatic rings. The maximum atomic E-state index is 5.12. The van der Waals surface area contributed by atoms with Crippen molar-refractivity contribution >= 4 is 0 Å². The highest BCUT2D eigenvalue weighted by atomic mass is 16.3. The fourth-order valence-corrected chi connectivity index (χ4v) is 1.91. The Morgan fingerprint density at radius 1 is 1.39 bits per heavy atom. The van der Waals surface area contributed by atoms with Crippen LogP contribution in [0.15, 0.2) is 35.3 Å². The number of furan rings is 1. The highest BCUT2D eigenvalue weighted by Crippen LogP contribution is 2.16. The van der Waals surface area contributed by atoms with Crippen molar-refractivity contribution in [2.75, 3.05) is 6.54 Å². The molecule has 0 saturated carbocycles. The summed E-state index contributed by atoms with van der Waals surface area (Å²) in [5.74, 6) is 0.808. The number of aromatic nitrogens is 2. The quantitative estimate of drug-likeness (QED) is 0.850. The second-order valence-electron chi connectivity index (χ2n) is 4.37. The van der Waals surface area contributed by atoms with Gasteiger partial charge in [0.1, 0.15) is 5.82 Å². The van der Waals surface area contributed by atoms with E-state index in [1.165, 1.54) is 5.56 Å². The van der Waals surface area contributed by atoms with Crippen LogP contribution in [0.4, 0.5) is 0 Å². The maximum absolute atomic E-state index is 5.12. The maximum Gasteiger partial charge on any atom is 0.125 e. The van der Waals surface area contributed by atoms with Crippen molar-refractivity contribution in [3.05, 3.63) is 47.9 Å². The van der Waals surface area contributed by atoms with E-state index in [1.54, 1.807) is 12.5 Å². The van der Waals surface area contributed by atoms with E-state index in [9.17, 15) is 0 Å². The van der Waals surface area contributed by atoms with Crippen LogP contribution >= 0.6 is 0 Å². The van der Waals surface area contributed by atoms with E-state index in [2.05, 4.69) is 22.2 Å². The largest absolute Gasteiger partial charge is 0.472 e. The topological polar surface area (TPSA) is 51.0 Å². The standard InChI is InChI=1S/C14H19N3O/c1-3-6-16-14(9-12-5-8-18-10-12)13-4-7-15-11(2)17-13/h4-5,7-8,10,14,16H,3,6,9H2,1-2H3. The molecule has 1 N–H and O–H groups in total. The van der Waals surface area contributed by atoms with Gasteiger partial charge in [-0.05, 0) is 44.0 Å². The van der Waals surface area contributed by atoms with Gasteiger partial charge >= 0.3 is 0 Å². The molecule has 96 valence electrons. The van der Waals surface area contributed by atoms with Crippen molar-refractivity contribution in [2.24, 2.45) is 0 Å². The highest BCUT2D eigenvalue weighted by molar-refractivity contribution is 5.14. The van der Waals surface area contributed by atoms with Gasteiger partial charge in [-0.2, -0.15) is 0 Å². The second kappa shape index (κ2) is 6.31. The molecule has 0 fully saturated rings. The molecule has 4 heteroatoms. The third kappa shape index (κ3) is 3.40. The van der Waals surface area contributed by atoms with Crippen LogP contribution in [0.5, 0.6) is 0 Å². The molecule has 1 atom stereocenters. The van der Waals surface area contributed by atoms with Crippen LogP contribution in [0.25, 0.3) is 0 Å². The molecule has 18 heavy (non-hydrogen) atoms. The molecule has 2 rings (SSSR count). The number of hydrogen-bond donors (Lipinski definition) is 1. The van der Waals surface area contributed by atoms with Gasteiger partial charge in [-0.3, -0.25) is 0 Å². The Balaban J connectivity index is 2.13. The fourth-order valence-electron chi connectivity index (χ4n) is 1.91. The molecule has 0 saturated heterocycles. The number of rotatable bonds is 6. The van der Waals surface area contributed by atoms with Crippen molar-refractivity contribution in [3.8, 4) is 0 Å². The van der Waals surface area contributed by atoms with E-state index in [4.69, 9.17) is 4.42 Å². The number of aryl methyl sites for hydroxylation is 1. The zero-order valence-electron chi connectivity index (χ0n) is 10.9. The first-order valence-corrected chi connectivity index (χ1v) is 6.33. The summed E-state index contributed by atoms with van der Waals surface area (Å²) >= 11 is 0. The molecular formula is C14H19N3O. The van der Waals surface area contributed by atoms with Crippen LogP contribution in [0, 0.1) is 6.92 Å². The predicted molar refractivity (Wildman–Crippen MR) is 70.2 cm³/mol. The average molecular weight is 245 g/mol. The minimum absolute atomic E-state index is 0.212. The smallest absolute Gasteiger partial charge is 0.125 e. The molecule has 0 amide bonds. The van der Waals surface area contributed by atoms with E-state index in [0.29, 0.717) is 0 Å². The number of nitrogens with zero attached hydrogens (tertiary/aromatic N) is 2. The van der Waals surface area contributed by atoms with Crippen molar-refractivity contribution in [1.82, 2.24) is 15.3 Å². The summed E-state index contributed by atoms with van der Waals surface area (Å²) in [6.45, 7) is 5.05. The van der Waals surface area contributed by atoms with Crippen molar-refractivity contribution in [3.63, 3.8) is 0 Å². The van der Waals surface area contributed by atoms with Gasteiger partial charge in [0.05, 0.1) is 24.3 Å². The van der Waals surface area contributed by atoms with Gasteiger partial charge in [-0.15, -0.1) is 0 Å². The van der Waals surface area contributed by atoms with Crippen LogP contribution in [0.1, 0.15) is 36.5 Å². The van der Waals surface area contributed by atoms with Gasteiger partial charge in [-0.1, -0.05) is 6.92 Å². The van der Waals surface area contributed by atoms with Gasteiger partial charge in [0, 0.05) is 6.20 Å². The lowest BCUT2D eigenvalue weighted by Gasteiger charge is -2.17. The first kappa shape index (κ1) is 12.8. The average Bonchev–Trinajstić information content (AvgIpc) is 2.87. The Kier molecular flexibility index (Phi) is 4.47. The summed E-state index contributed by atoms with van der Waals surface area (Å²) in [7, 11) is 0. The summed E-state index contributed by atoms with van der Waals surface area (Å²) < 4.78 is 5.12. The molecular weight excluding hydrogens is 226 g/mol. The third-order valence-corrected chi connectivity index (χ3v) is 2.82. The lowest BCUT2D eigenvalue weighted by molar-refractivity contribution is 0.509. The Morgan fingerprint density at radius 2 is 2.28 bits per heavy atom. The van der Waals surface area contributed by atoms with E-state index in [1.807, 2.05) is 25.3 Å². The Morgan fingerprint density at radius 3 is 2.94 bits per heavy atom. The SMILES string of the molecule is CCCNC(Cc1ccoc1)c1ccnc(C)n1. The number of nitrogens with one attached hydrogen (secondary N) is 1. The normalized spacial score (nSPS) is 12.6. The fraction of sp³-hybridized carbons (Fsp3) is 0.429. The van der Waals surface area contributed by atoms with Crippen LogP contribution in [0.2, 0.25) is 0 Å². The summed E-state index contributed by atoms with van der Waals surface area (Å²) in [6, 6.07) is 4.18. The molecule has 0 aliphatic heterocycles. The molecule has 1 unspecified atom stereocenters. The summed E-state index contributed by atoms with van der Waals surface area (Å²) in [5, 5.41) is 3.52. The van der Waals surface area contributed by atoms with E-state index in [-0.39, 0.29) is 6.04 Å². The van der Waals surface area contributed by atoms with Crippen LogP contribution in [-0.4, -0.2) is 16.5 Å². The zero-order valence-corrected chi connectivity index (χ0v) is 10.9. The second-order valence-corrected chi connectivity index (χ2v) is 4.37. The van der Waals surface area contributed by atoms with Crippen molar-refractivity contribution in [1.29, 1.82) is 0 Å². The first-order valence-electron chi connectivity index (χ1n) is 6.33. The summed E-state index contributed by atoms with van der Waals surface area (Å²) in [5.41, 5.74) is 2.22. The van der Waals surface area contributed by atoms with E-state index >= 15 is 0 Å². The predicted octanol–water partition coefficient (Wildman–Crippen LogP) is 2.66. The van der Waals surface area contributed by atoms with Gasteiger partial charge < -0.3 is 9.73 Å². The van der Waals surface area contributed by atoms with Gasteiger partial charge in [0.25, 0.3) is 0 Å². The Hall–Kier alpha value is -1.68. The number of hydrogen-bond acceptors (Lipinski definition) is 4. The van der Waals surface area contributed by atoms with Crippen LogP contribution in [0.3, 0.4) is 0 Å².